The molecule has 0 radical (unpaired) electrons. The first-order valence-corrected chi connectivity index (χ1v) is 35.9. The van der Waals surface area contributed by atoms with Gasteiger partial charge in [-0.25, -0.2) is 0 Å². The Kier molecular flexibility index (Phi) is 27.9. The maximum Gasteiger partial charge on any atom is 0.245 e. The Morgan fingerprint density at radius 2 is 1.22 bits per heavy atom. The number of nitrogens with two attached hydrogens (primary N) is 2. The first-order valence-electron chi connectivity index (χ1n) is 32.5. The van der Waals surface area contributed by atoms with Crippen molar-refractivity contribution in [2.45, 2.75) is 156 Å². The third-order valence-electron chi connectivity index (χ3n) is 17.6. The number of aromatic nitrogens is 2. The van der Waals surface area contributed by atoms with Gasteiger partial charge in [-0.15, -0.1) is 11.8 Å². The number of benzene rings is 4. The van der Waals surface area contributed by atoms with Crippen LogP contribution in [0.15, 0.2) is 103 Å². The Hall–Kier alpha value is -7.39. The number of amides is 9. The van der Waals surface area contributed by atoms with E-state index in [4.69, 9.17) is 11.5 Å². The summed E-state index contributed by atoms with van der Waals surface area (Å²) in [5, 5.41) is 54.7. The summed E-state index contributed by atoms with van der Waals surface area (Å²) < 4.78 is 0.429. The van der Waals surface area contributed by atoms with Crippen LogP contribution < -0.4 is 54.0 Å². The molecule has 29 heteroatoms. The van der Waals surface area contributed by atoms with E-state index < -0.39 is 108 Å². The Morgan fingerprint density at radius 1 is 0.649 bits per heavy atom. The van der Waals surface area contributed by atoms with Crippen LogP contribution in [0.1, 0.15) is 86.6 Å². The molecule has 13 atom stereocenters. The fraction of sp³-hybridized carbons (Fsp3) is 0.456. The van der Waals surface area contributed by atoms with Gasteiger partial charge in [-0.3, -0.25) is 48.1 Å². The lowest BCUT2D eigenvalue weighted by atomic mass is 9.75. The van der Waals surface area contributed by atoms with Gasteiger partial charge in [-0.05, 0) is 140 Å². The smallest absolute Gasteiger partial charge is 0.245 e. The predicted octanol–water partition coefficient (Wildman–Crippen LogP) is 2.03. The molecule has 0 saturated carbocycles. The van der Waals surface area contributed by atoms with Crippen LogP contribution >= 0.6 is 59.6 Å². The van der Waals surface area contributed by atoms with Gasteiger partial charge < -0.3 is 79.3 Å². The number of fused-ring (bicyclic) bond motifs is 3. The second kappa shape index (κ2) is 35.9. The van der Waals surface area contributed by atoms with Crippen molar-refractivity contribution in [2.24, 2.45) is 11.5 Å². The number of aliphatic hydroxyl groups is 2. The number of aliphatic hydroxyl groups excluding tert-OH is 2. The molecule has 2 aliphatic rings. The maximum atomic E-state index is 15.1. The fourth-order valence-corrected chi connectivity index (χ4v) is 14.8. The number of halogens is 1. The Bertz CT molecular complexity index is 3750. The molecule has 97 heavy (non-hydrogen) atoms. The number of rotatable bonds is 35. The predicted molar refractivity (Wildman–Crippen MR) is 387 cm³/mol. The minimum absolute atomic E-state index is 0.0406. The van der Waals surface area contributed by atoms with Crippen molar-refractivity contribution >= 4 is 135 Å². The quantitative estimate of drug-likeness (QED) is 0.0154. The zero-order valence-electron chi connectivity index (χ0n) is 54.2. The van der Waals surface area contributed by atoms with Gasteiger partial charge in [0.1, 0.15) is 54.1 Å². The van der Waals surface area contributed by atoms with Crippen molar-refractivity contribution < 1.29 is 58.5 Å². The minimum atomic E-state index is -1.74. The summed E-state index contributed by atoms with van der Waals surface area (Å²) in [5.41, 5.74) is 17.5. The van der Waals surface area contributed by atoms with Gasteiger partial charge in [-0.1, -0.05) is 73.7 Å². The number of nitrogens with zero attached hydrogens (tertiary/aromatic N) is 1. The lowest BCUT2D eigenvalue weighted by Crippen LogP contribution is -2.62. The van der Waals surface area contributed by atoms with Crippen LogP contribution in [-0.4, -0.2) is 192 Å². The summed E-state index contributed by atoms with van der Waals surface area (Å²) in [4.78, 5) is 136. The van der Waals surface area contributed by atoms with Crippen LogP contribution in [-0.2, 0) is 68.8 Å². The Morgan fingerprint density at radius 3 is 1.87 bits per heavy atom. The van der Waals surface area contributed by atoms with E-state index in [-0.39, 0.29) is 78.7 Å². The highest BCUT2D eigenvalue weighted by atomic mass is 127. The van der Waals surface area contributed by atoms with Gasteiger partial charge in [0.2, 0.25) is 53.2 Å². The van der Waals surface area contributed by atoms with Crippen LogP contribution in [0.2, 0.25) is 0 Å². The van der Waals surface area contributed by atoms with Crippen molar-refractivity contribution in [2.75, 3.05) is 36.9 Å². The SMILES string of the molecule is CCCN1C[C@@H](SCC(=O)N[C@H](Cc2ccccc2)C(=O)N[C@@H](CS)C(=O)N[C@@H](Cc2ccc(O)c(I)c2)C(=O)N[C@H](Cc2c[nH]c3ccccc23)C(=O)N[C@@H](CCCCN)C(=O)N[C@H](C(=O)N[C@@H](CS)C(=O)N[C@H](C(N)=O)[C@@H](C)O)[C@@H](C)O)C[C@@H]2c3cccc4[nH]cc(c34)C[C@H]21. The average Bonchev–Trinajstić information content (AvgIpc) is 1.64. The normalized spacial score (nSPS) is 18.3. The topological polar surface area (TPSA) is 397 Å². The highest BCUT2D eigenvalue weighted by molar-refractivity contribution is 14.1. The largest absolute Gasteiger partial charge is 0.507 e. The number of carbonyl (C=O) groups is 9. The van der Waals surface area contributed by atoms with Gasteiger partial charge in [0.25, 0.3) is 0 Å². The Balaban J connectivity index is 1.00. The van der Waals surface area contributed by atoms with Crippen LogP contribution in [0.25, 0.3) is 21.8 Å². The van der Waals surface area contributed by atoms with E-state index >= 15 is 9.59 Å². The minimum Gasteiger partial charge on any atom is -0.507 e. The number of piperidine rings is 1. The molecular formula is C68H88IN13O12S3. The van der Waals surface area contributed by atoms with Gasteiger partial charge in [0.05, 0.1) is 21.5 Å². The molecule has 3 heterocycles. The van der Waals surface area contributed by atoms with Gasteiger partial charge in [0.15, 0.2) is 0 Å². The first kappa shape index (κ1) is 75.4. The van der Waals surface area contributed by atoms with Crippen molar-refractivity contribution in [1.82, 2.24) is 57.4 Å². The molecule has 2 aromatic heterocycles. The van der Waals surface area contributed by atoms with E-state index in [1.165, 1.54) is 36.4 Å². The molecule has 522 valence electrons. The number of aromatic hydroxyl groups is 1. The molecule has 6 aromatic rings. The first-order chi connectivity index (χ1) is 46.5. The molecule has 0 unspecified atom stereocenters. The molecule has 8 rings (SSSR count). The second-order valence-electron chi connectivity index (χ2n) is 24.8. The number of H-pyrrole nitrogens is 2. The number of primary amides is 1. The number of phenolic OH excluding ortho intramolecular Hbond substituents is 1. The second-order valence-corrected chi connectivity index (χ2v) is 28.0. The zero-order valence-corrected chi connectivity index (χ0v) is 59.0. The fourth-order valence-electron chi connectivity index (χ4n) is 12.6. The molecule has 1 fully saturated rings. The summed E-state index contributed by atoms with van der Waals surface area (Å²) in [6.45, 7) is 6.54. The van der Waals surface area contributed by atoms with Gasteiger partial charge in [-0.2, -0.15) is 25.3 Å². The third-order valence-corrected chi connectivity index (χ3v) is 20.4. The van der Waals surface area contributed by atoms with Crippen molar-refractivity contribution in [3.63, 3.8) is 0 Å². The summed E-state index contributed by atoms with van der Waals surface area (Å²) in [6, 6.07) is 16.1. The lowest BCUT2D eigenvalue weighted by molar-refractivity contribution is -0.137. The molecule has 1 aliphatic carbocycles. The van der Waals surface area contributed by atoms with E-state index in [2.05, 4.69) is 114 Å². The highest BCUT2D eigenvalue weighted by Gasteiger charge is 2.42. The van der Waals surface area contributed by atoms with E-state index in [1.54, 1.807) is 36.2 Å². The number of hydrogen-bond acceptors (Lipinski definition) is 17. The van der Waals surface area contributed by atoms with E-state index in [1.807, 2.05) is 71.1 Å². The number of likely N-dealkylation sites (tertiary alicyclic amines) is 1. The van der Waals surface area contributed by atoms with Crippen molar-refractivity contribution in [3.8, 4) is 5.75 Å². The average molecular weight is 1500 g/mol. The lowest BCUT2D eigenvalue weighted by Gasteiger charge is -2.47. The molecule has 1 aliphatic heterocycles. The molecule has 25 nitrogen and oxygen atoms in total. The number of unbranched alkanes of at least 4 members (excludes halogenated alkanes) is 1. The third kappa shape index (κ3) is 20.2. The molecular weight excluding hydrogens is 1410 g/mol. The van der Waals surface area contributed by atoms with Crippen LogP contribution in [0, 0.1) is 3.57 Å². The van der Waals surface area contributed by atoms with Crippen molar-refractivity contribution in [1.29, 1.82) is 0 Å². The number of thiol groups is 2. The number of carbonyl (C=O) groups excluding carboxylic acids is 9. The molecule has 0 bridgehead atoms. The summed E-state index contributed by atoms with van der Waals surface area (Å²) >= 11 is 12.1. The molecule has 1 saturated heterocycles. The van der Waals surface area contributed by atoms with Crippen LogP contribution in [0.4, 0.5) is 0 Å². The summed E-state index contributed by atoms with van der Waals surface area (Å²) in [5.74, 6) is -7.92. The van der Waals surface area contributed by atoms with Crippen molar-refractivity contribution in [3.05, 3.63) is 135 Å². The molecule has 0 spiro atoms. The standard InChI is InChI=1S/C68H88IN13O12S3/c1-4-23-82-32-42(29-45-44-16-12-19-48-58(44)41(31-73-48)28-55(45)82)97-35-57(86)74-50(25-38-13-6-5-7-14-38)63(89)78-53(33-95)66(92)76-51(26-39-20-21-56(85)46(69)24-39)64(90)77-52(27-40-30-72-47-17-9-8-15-43(40)47)65(91)75-49(18-10-11-22-70)62(88)81-60(37(3)84)68(94)79-54(34-96)67(93)80-59(36(2)83)61(71)87/h5-9,12-17,19-21,24,30-31,36-37,42,45,49-55,59-60,72-73,83-85,95-96H,4,10-11,18,22-23,25-29,32-35,70H2,1-3H3,(H2,71,87)(H,74,86)(H,75,91)(H,76,92)(H,77,90)(H,78,89)(H,79,94)(H,80,93)(H,81,88)/t36-,37-,42+,45-,49+,50-,51+,52-,53+,54+,55-,59+,60+/m1/s1. The molecule has 9 amide bonds. The monoisotopic (exact) mass is 1500 g/mol. The van der Waals surface area contributed by atoms with Gasteiger partial charge >= 0.3 is 0 Å². The molecule has 17 N–H and O–H groups in total. The Labute approximate surface area is 591 Å². The van der Waals surface area contributed by atoms with E-state index in [0.29, 0.717) is 38.1 Å². The van der Waals surface area contributed by atoms with Crippen LogP contribution in [0.5, 0.6) is 5.75 Å². The highest BCUT2D eigenvalue weighted by Crippen LogP contribution is 2.45. The van der Waals surface area contributed by atoms with Crippen LogP contribution in [0.3, 0.4) is 0 Å². The number of para-hydroxylation sites is 1. The number of hydrogen-bond donors (Lipinski definition) is 17. The van der Waals surface area contributed by atoms with Gasteiger partial charge in [0, 0.05) is 88.7 Å². The number of phenols is 1. The molecule has 4 aromatic carbocycles. The summed E-state index contributed by atoms with van der Waals surface area (Å²) in [7, 11) is 0. The maximum absolute atomic E-state index is 15.1. The number of aromatic amines is 2. The number of thioether (sulfide) groups is 1. The summed E-state index contributed by atoms with van der Waals surface area (Å²) in [6.07, 6.45) is 3.92. The number of nitrogens with one attached hydrogen (secondary N) is 10. The van der Waals surface area contributed by atoms with E-state index in [9.17, 15) is 48.9 Å². The van der Waals surface area contributed by atoms with E-state index in [0.717, 1.165) is 43.4 Å². The zero-order chi connectivity index (χ0) is 70.0.